The molecule has 32 heavy (non-hydrogen) atoms. The number of hydrogen-bond donors (Lipinski definition) is 0. The Labute approximate surface area is 189 Å². The molecule has 5 rings (SSSR count). The third-order valence-electron chi connectivity index (χ3n) is 6.40. The monoisotopic (exact) mass is 425 g/mol. The van der Waals surface area contributed by atoms with Crippen LogP contribution in [-0.2, 0) is 26.1 Å². The fourth-order valence-corrected chi connectivity index (χ4v) is 4.63. The summed E-state index contributed by atoms with van der Waals surface area (Å²) < 4.78 is 12.8. The largest absolute Gasteiger partial charge is 0.493 e. The van der Waals surface area contributed by atoms with Gasteiger partial charge in [0.1, 0.15) is 19.7 Å². The number of aromatic nitrogens is 1. The van der Waals surface area contributed by atoms with Crippen molar-refractivity contribution in [2.75, 3.05) is 20.7 Å². The van der Waals surface area contributed by atoms with Gasteiger partial charge in [0.2, 0.25) is 0 Å². The fourth-order valence-electron chi connectivity index (χ4n) is 4.63. The van der Waals surface area contributed by atoms with Crippen LogP contribution in [0.3, 0.4) is 0 Å². The summed E-state index contributed by atoms with van der Waals surface area (Å²) in [6.45, 7) is 3.48. The zero-order chi connectivity index (χ0) is 22.0. The van der Waals surface area contributed by atoms with Crippen LogP contribution < -0.4 is 9.47 Å². The molecule has 1 aliphatic rings. The Morgan fingerprint density at radius 1 is 0.875 bits per heavy atom. The lowest BCUT2D eigenvalue weighted by molar-refractivity contribution is -0.937. The molecule has 4 nitrogen and oxygen atoms in total. The first-order chi connectivity index (χ1) is 15.6. The maximum atomic E-state index is 6.17. The van der Waals surface area contributed by atoms with Crippen molar-refractivity contribution in [1.29, 1.82) is 0 Å². The lowest BCUT2D eigenvalue weighted by atomic mass is 9.97. The predicted molar refractivity (Wildman–Crippen MR) is 128 cm³/mol. The van der Waals surface area contributed by atoms with Gasteiger partial charge in [0.15, 0.2) is 11.5 Å². The standard InChI is InChI=1S/C28H29N2O2/c1-30(19-25-13-12-22-10-6-7-11-26(22)29-25)15-14-23-16-27(31-2)28(17-24(23)18-30)32-20-21-8-4-3-5-9-21/h3-13,16-17H,14-15,18-20H2,1-2H3/q+1. The Morgan fingerprint density at radius 2 is 1.66 bits per heavy atom. The summed E-state index contributed by atoms with van der Waals surface area (Å²) in [7, 11) is 4.04. The van der Waals surface area contributed by atoms with Crippen molar-refractivity contribution in [1.82, 2.24) is 4.98 Å². The maximum Gasteiger partial charge on any atom is 0.162 e. The number of hydrogen-bond acceptors (Lipinski definition) is 3. The molecule has 0 radical (unpaired) electrons. The van der Waals surface area contributed by atoms with Crippen molar-refractivity contribution >= 4 is 10.9 Å². The van der Waals surface area contributed by atoms with E-state index in [-0.39, 0.29) is 0 Å². The number of nitrogens with zero attached hydrogens (tertiary/aromatic N) is 2. The Bertz CT molecular complexity index is 1240. The highest BCUT2D eigenvalue weighted by molar-refractivity contribution is 5.78. The Balaban J connectivity index is 1.37. The van der Waals surface area contributed by atoms with Gasteiger partial charge in [-0.15, -0.1) is 0 Å². The third kappa shape index (κ3) is 4.32. The van der Waals surface area contributed by atoms with Crippen molar-refractivity contribution in [2.24, 2.45) is 0 Å². The molecule has 1 aromatic heterocycles. The van der Waals surface area contributed by atoms with Crippen LogP contribution >= 0.6 is 0 Å². The molecule has 0 fully saturated rings. The second-order valence-corrected chi connectivity index (χ2v) is 8.95. The van der Waals surface area contributed by atoms with Crippen LogP contribution in [0.15, 0.2) is 78.9 Å². The average Bonchev–Trinajstić information content (AvgIpc) is 2.82. The zero-order valence-electron chi connectivity index (χ0n) is 18.8. The Hall–Kier alpha value is -3.37. The minimum absolute atomic E-state index is 0.531. The summed E-state index contributed by atoms with van der Waals surface area (Å²) in [5.41, 5.74) is 6.05. The predicted octanol–water partition coefficient (Wildman–Crippen LogP) is 5.53. The molecule has 162 valence electrons. The highest BCUT2D eigenvalue weighted by atomic mass is 16.5. The van der Waals surface area contributed by atoms with E-state index in [1.807, 2.05) is 18.2 Å². The summed E-state index contributed by atoms with van der Waals surface area (Å²) in [6.07, 6.45) is 1.02. The van der Waals surface area contributed by atoms with Gasteiger partial charge in [-0.2, -0.15) is 0 Å². The Kier molecular flexibility index (Phi) is 5.54. The summed E-state index contributed by atoms with van der Waals surface area (Å²) in [6, 6.07) is 27.3. The molecule has 1 aliphatic heterocycles. The molecule has 1 unspecified atom stereocenters. The van der Waals surface area contributed by atoms with E-state index < -0.39 is 0 Å². The quantitative estimate of drug-likeness (QED) is 0.381. The number of quaternary nitrogens is 1. The maximum absolute atomic E-state index is 6.17. The van der Waals surface area contributed by atoms with Gasteiger partial charge < -0.3 is 14.0 Å². The summed E-state index contributed by atoms with van der Waals surface area (Å²) in [4.78, 5) is 4.92. The summed E-state index contributed by atoms with van der Waals surface area (Å²) in [5.74, 6) is 1.62. The molecule has 0 saturated heterocycles. The van der Waals surface area contributed by atoms with E-state index in [0.717, 1.165) is 58.8 Å². The minimum Gasteiger partial charge on any atom is -0.493 e. The summed E-state index contributed by atoms with van der Waals surface area (Å²) in [5, 5.41) is 1.19. The molecule has 2 heterocycles. The number of likely N-dealkylation sites (N-methyl/N-ethyl adjacent to an activating group) is 1. The molecule has 0 amide bonds. The number of rotatable bonds is 6. The normalized spacial score (nSPS) is 17.7. The fraction of sp³-hybridized carbons (Fsp3) is 0.250. The molecule has 4 aromatic rings. The number of pyridine rings is 1. The van der Waals surface area contributed by atoms with Crippen LogP contribution in [0.4, 0.5) is 0 Å². The van der Waals surface area contributed by atoms with Crippen LogP contribution in [0.5, 0.6) is 11.5 Å². The first-order valence-electron chi connectivity index (χ1n) is 11.2. The molecule has 0 aliphatic carbocycles. The van der Waals surface area contributed by atoms with Crippen LogP contribution in [0.1, 0.15) is 22.4 Å². The molecule has 1 atom stereocenters. The Morgan fingerprint density at radius 3 is 2.50 bits per heavy atom. The van der Waals surface area contributed by atoms with Crippen molar-refractivity contribution < 1.29 is 14.0 Å². The van der Waals surface area contributed by atoms with Crippen molar-refractivity contribution in [3.63, 3.8) is 0 Å². The second kappa shape index (κ2) is 8.64. The molecule has 0 saturated carbocycles. The van der Waals surface area contributed by atoms with Crippen molar-refractivity contribution in [3.8, 4) is 11.5 Å². The molecule has 3 aromatic carbocycles. The SMILES string of the molecule is COc1cc2c(cc1OCc1ccccc1)C[N+](C)(Cc1ccc3ccccc3n1)CC2. The van der Waals surface area contributed by atoms with Crippen molar-refractivity contribution in [2.45, 2.75) is 26.1 Å². The average molecular weight is 426 g/mol. The van der Waals surface area contributed by atoms with Gasteiger partial charge in [-0.25, -0.2) is 4.98 Å². The topological polar surface area (TPSA) is 31.4 Å². The lowest BCUT2D eigenvalue weighted by Gasteiger charge is -2.38. The van der Waals surface area contributed by atoms with Gasteiger partial charge in [0.05, 0.1) is 31.9 Å². The van der Waals surface area contributed by atoms with Crippen LogP contribution in [0.25, 0.3) is 10.9 Å². The number of methoxy groups -OCH3 is 1. The van der Waals surface area contributed by atoms with E-state index in [2.05, 4.69) is 67.7 Å². The number of benzene rings is 3. The van der Waals surface area contributed by atoms with Gasteiger partial charge in [-0.1, -0.05) is 54.6 Å². The molecule has 0 spiro atoms. The molecule has 0 N–H and O–H groups in total. The van der Waals surface area contributed by atoms with E-state index in [4.69, 9.17) is 14.5 Å². The van der Waals surface area contributed by atoms with E-state index in [1.54, 1.807) is 7.11 Å². The first-order valence-corrected chi connectivity index (χ1v) is 11.2. The van der Waals surface area contributed by atoms with Gasteiger partial charge in [-0.05, 0) is 35.4 Å². The van der Waals surface area contributed by atoms with E-state index in [1.165, 1.54) is 16.5 Å². The zero-order valence-corrected chi connectivity index (χ0v) is 18.8. The first kappa shape index (κ1) is 20.5. The highest BCUT2D eigenvalue weighted by Crippen LogP contribution is 2.36. The highest BCUT2D eigenvalue weighted by Gasteiger charge is 2.30. The van der Waals surface area contributed by atoms with Crippen LogP contribution in [0.2, 0.25) is 0 Å². The van der Waals surface area contributed by atoms with E-state index in [0.29, 0.717) is 6.61 Å². The van der Waals surface area contributed by atoms with Gasteiger partial charge >= 0.3 is 0 Å². The molecule has 0 bridgehead atoms. The van der Waals surface area contributed by atoms with Gasteiger partial charge in [-0.3, -0.25) is 0 Å². The smallest absolute Gasteiger partial charge is 0.162 e. The van der Waals surface area contributed by atoms with E-state index >= 15 is 0 Å². The molecular weight excluding hydrogens is 396 g/mol. The summed E-state index contributed by atoms with van der Waals surface area (Å²) >= 11 is 0. The minimum atomic E-state index is 0.531. The third-order valence-corrected chi connectivity index (χ3v) is 6.40. The van der Waals surface area contributed by atoms with Crippen LogP contribution in [-0.4, -0.2) is 30.2 Å². The van der Waals surface area contributed by atoms with Crippen molar-refractivity contribution in [3.05, 3.63) is 101 Å². The van der Waals surface area contributed by atoms with Gasteiger partial charge in [0, 0.05) is 17.4 Å². The molecule has 4 heteroatoms. The van der Waals surface area contributed by atoms with E-state index in [9.17, 15) is 0 Å². The number of fused-ring (bicyclic) bond motifs is 2. The lowest BCUT2D eigenvalue weighted by Crippen LogP contribution is -2.47. The number of para-hydroxylation sites is 1. The molecular formula is C28H29N2O2+. The second-order valence-electron chi connectivity index (χ2n) is 8.95. The van der Waals surface area contributed by atoms with Crippen LogP contribution in [0, 0.1) is 0 Å². The van der Waals surface area contributed by atoms with Gasteiger partial charge in [0.25, 0.3) is 0 Å². The number of ether oxygens (including phenoxy) is 2.